The van der Waals surface area contributed by atoms with Gasteiger partial charge in [0.05, 0.1) is 0 Å². The number of benzene rings is 2. The van der Waals surface area contributed by atoms with E-state index in [9.17, 15) is 0 Å². The first kappa shape index (κ1) is 15.8. The summed E-state index contributed by atoms with van der Waals surface area (Å²) >= 11 is 11.2. The van der Waals surface area contributed by atoms with Gasteiger partial charge in [-0.3, -0.25) is 0 Å². The molecule has 0 aliphatic heterocycles. The van der Waals surface area contributed by atoms with Gasteiger partial charge in [-0.1, -0.05) is 47.5 Å². The molecule has 2 N–H and O–H groups in total. The van der Waals surface area contributed by atoms with E-state index in [-0.39, 0.29) is 0 Å². The van der Waals surface area contributed by atoms with Crippen LogP contribution in [-0.2, 0) is 6.42 Å². The molecule has 2 aromatic carbocycles. The van der Waals surface area contributed by atoms with Crippen LogP contribution in [0.25, 0.3) is 0 Å². The van der Waals surface area contributed by atoms with E-state index in [0.717, 1.165) is 25.1 Å². The van der Waals surface area contributed by atoms with Crippen molar-refractivity contribution in [2.24, 2.45) is 0 Å². The third kappa shape index (κ3) is 5.74. The Morgan fingerprint density at radius 3 is 2.71 bits per heavy atom. The molecular weight excluding hydrogens is 300 g/mol. The Balaban J connectivity index is 1.70. The van der Waals surface area contributed by atoms with Gasteiger partial charge in [-0.05, 0) is 55.7 Å². The van der Waals surface area contributed by atoms with Gasteiger partial charge in [0, 0.05) is 17.3 Å². The number of hydrogen-bond donors (Lipinski definition) is 2. The monoisotopic (exact) mass is 318 g/mol. The fraction of sp³-hybridized carbons (Fsp3) is 0.235. The van der Waals surface area contributed by atoms with E-state index in [1.165, 1.54) is 11.1 Å². The molecule has 0 unspecified atom stereocenters. The zero-order chi connectivity index (χ0) is 15.1. The first-order valence-corrected chi connectivity index (χ1v) is 7.78. The smallest absolute Gasteiger partial charge is 0.170 e. The standard InChI is InChI=1S/C17H19ClN2S/c1-13-5-2-6-14(11-13)7-4-10-19-17(21)20-16-9-3-8-15(18)12-16/h2-3,5-6,8-9,11-12H,4,7,10H2,1H3,(H2,19,20,21). The van der Waals surface area contributed by atoms with E-state index in [2.05, 4.69) is 41.8 Å². The quantitative estimate of drug-likeness (QED) is 0.624. The number of nitrogens with one attached hydrogen (secondary N) is 2. The maximum Gasteiger partial charge on any atom is 0.170 e. The van der Waals surface area contributed by atoms with Crippen molar-refractivity contribution < 1.29 is 0 Å². The Morgan fingerprint density at radius 2 is 1.95 bits per heavy atom. The summed E-state index contributed by atoms with van der Waals surface area (Å²) in [6.07, 6.45) is 2.09. The lowest BCUT2D eigenvalue weighted by Gasteiger charge is -2.10. The minimum atomic E-state index is 0.626. The minimum absolute atomic E-state index is 0.626. The van der Waals surface area contributed by atoms with Gasteiger partial charge in [0.1, 0.15) is 0 Å². The topological polar surface area (TPSA) is 24.1 Å². The van der Waals surface area contributed by atoms with Gasteiger partial charge in [0.2, 0.25) is 0 Å². The molecule has 0 bridgehead atoms. The molecule has 0 aliphatic carbocycles. The SMILES string of the molecule is Cc1cccc(CCCNC(=S)Nc2cccc(Cl)c2)c1. The van der Waals surface area contributed by atoms with Crippen LogP contribution in [0, 0.1) is 6.92 Å². The maximum absolute atomic E-state index is 5.93. The lowest BCUT2D eigenvalue weighted by atomic mass is 10.1. The van der Waals surface area contributed by atoms with Crippen LogP contribution in [0.1, 0.15) is 17.5 Å². The van der Waals surface area contributed by atoms with Crippen molar-refractivity contribution in [2.75, 3.05) is 11.9 Å². The van der Waals surface area contributed by atoms with E-state index in [4.69, 9.17) is 23.8 Å². The van der Waals surface area contributed by atoms with Crippen LogP contribution in [0.4, 0.5) is 5.69 Å². The Bertz CT molecular complexity index is 613. The average molecular weight is 319 g/mol. The molecule has 4 heteroatoms. The summed E-state index contributed by atoms with van der Waals surface area (Å²) in [5, 5.41) is 7.66. The summed E-state index contributed by atoms with van der Waals surface area (Å²) in [5.41, 5.74) is 3.57. The average Bonchev–Trinajstić information content (AvgIpc) is 2.44. The first-order valence-electron chi connectivity index (χ1n) is 6.99. The Morgan fingerprint density at radius 1 is 1.14 bits per heavy atom. The van der Waals surface area contributed by atoms with Crippen molar-refractivity contribution >= 4 is 34.6 Å². The molecule has 0 aliphatic rings. The molecule has 0 radical (unpaired) electrons. The van der Waals surface area contributed by atoms with Crippen LogP contribution in [0.5, 0.6) is 0 Å². The summed E-state index contributed by atoms with van der Waals surface area (Å²) < 4.78 is 0. The van der Waals surface area contributed by atoms with E-state index in [0.29, 0.717) is 10.1 Å². The predicted octanol–water partition coefficient (Wildman–Crippen LogP) is 4.57. The molecule has 0 saturated heterocycles. The van der Waals surface area contributed by atoms with Gasteiger partial charge >= 0.3 is 0 Å². The summed E-state index contributed by atoms with van der Waals surface area (Å²) in [6.45, 7) is 2.96. The van der Waals surface area contributed by atoms with Crippen LogP contribution in [0.15, 0.2) is 48.5 Å². The van der Waals surface area contributed by atoms with Gasteiger partial charge in [-0.2, -0.15) is 0 Å². The number of thiocarbonyl (C=S) groups is 1. The van der Waals surface area contributed by atoms with Gasteiger partial charge in [0.15, 0.2) is 5.11 Å². The lowest BCUT2D eigenvalue weighted by molar-refractivity contribution is 0.777. The molecule has 2 rings (SSSR count). The highest BCUT2D eigenvalue weighted by Gasteiger charge is 1.99. The van der Waals surface area contributed by atoms with Gasteiger partial charge < -0.3 is 10.6 Å². The van der Waals surface area contributed by atoms with E-state index in [1.807, 2.05) is 24.3 Å². The zero-order valence-electron chi connectivity index (χ0n) is 12.0. The Kier molecular flexibility index (Phi) is 6.03. The second kappa shape index (κ2) is 8.01. The molecule has 0 heterocycles. The summed E-state index contributed by atoms with van der Waals surface area (Å²) in [5.74, 6) is 0. The second-order valence-electron chi connectivity index (χ2n) is 4.98. The second-order valence-corrected chi connectivity index (χ2v) is 5.83. The van der Waals surface area contributed by atoms with E-state index >= 15 is 0 Å². The van der Waals surface area contributed by atoms with Crippen molar-refractivity contribution in [1.29, 1.82) is 0 Å². The third-order valence-corrected chi connectivity index (χ3v) is 3.57. The first-order chi connectivity index (χ1) is 10.1. The molecule has 110 valence electrons. The number of anilines is 1. The molecule has 2 aromatic rings. The van der Waals surface area contributed by atoms with E-state index in [1.54, 1.807) is 0 Å². The molecule has 2 nitrogen and oxygen atoms in total. The number of halogens is 1. The normalized spacial score (nSPS) is 10.2. The molecular formula is C17H19ClN2S. The van der Waals surface area contributed by atoms with Crippen LogP contribution < -0.4 is 10.6 Å². The Hall–Kier alpha value is -1.58. The van der Waals surface area contributed by atoms with Crippen LogP contribution in [0.2, 0.25) is 5.02 Å². The molecule has 0 atom stereocenters. The predicted molar refractivity (Wildman–Crippen MR) is 95.2 cm³/mol. The summed E-state index contributed by atoms with van der Waals surface area (Å²) in [4.78, 5) is 0. The molecule has 0 spiro atoms. The molecule has 0 saturated carbocycles. The molecule has 0 aromatic heterocycles. The molecule has 0 amide bonds. The zero-order valence-corrected chi connectivity index (χ0v) is 13.6. The minimum Gasteiger partial charge on any atom is -0.362 e. The van der Waals surface area contributed by atoms with Gasteiger partial charge in [-0.25, -0.2) is 0 Å². The van der Waals surface area contributed by atoms with Crippen molar-refractivity contribution in [2.45, 2.75) is 19.8 Å². The van der Waals surface area contributed by atoms with Crippen molar-refractivity contribution in [3.63, 3.8) is 0 Å². The highest BCUT2D eigenvalue weighted by Crippen LogP contribution is 2.14. The van der Waals surface area contributed by atoms with Crippen LogP contribution in [0.3, 0.4) is 0 Å². The van der Waals surface area contributed by atoms with Crippen LogP contribution >= 0.6 is 23.8 Å². The van der Waals surface area contributed by atoms with Crippen LogP contribution in [-0.4, -0.2) is 11.7 Å². The van der Waals surface area contributed by atoms with Crippen molar-refractivity contribution in [3.05, 3.63) is 64.7 Å². The number of aryl methyl sites for hydroxylation is 2. The van der Waals surface area contributed by atoms with E-state index < -0.39 is 0 Å². The summed E-state index contributed by atoms with van der Waals surface area (Å²) in [7, 11) is 0. The number of hydrogen-bond acceptors (Lipinski definition) is 1. The highest BCUT2D eigenvalue weighted by molar-refractivity contribution is 7.80. The fourth-order valence-electron chi connectivity index (χ4n) is 2.10. The molecule has 21 heavy (non-hydrogen) atoms. The van der Waals surface area contributed by atoms with Gasteiger partial charge in [0.25, 0.3) is 0 Å². The highest BCUT2D eigenvalue weighted by atomic mass is 35.5. The maximum atomic E-state index is 5.93. The number of rotatable bonds is 5. The van der Waals surface area contributed by atoms with Crippen molar-refractivity contribution in [1.82, 2.24) is 5.32 Å². The van der Waals surface area contributed by atoms with Crippen molar-refractivity contribution in [3.8, 4) is 0 Å². The fourth-order valence-corrected chi connectivity index (χ4v) is 2.51. The molecule has 0 fully saturated rings. The van der Waals surface area contributed by atoms with Gasteiger partial charge in [-0.15, -0.1) is 0 Å². The lowest BCUT2D eigenvalue weighted by Crippen LogP contribution is -2.29. The summed E-state index contributed by atoms with van der Waals surface area (Å²) in [6, 6.07) is 16.1. The Labute approximate surface area is 136 Å². The third-order valence-electron chi connectivity index (χ3n) is 3.09. The largest absolute Gasteiger partial charge is 0.362 e.